The van der Waals surface area contributed by atoms with Crippen molar-refractivity contribution < 1.29 is 19.8 Å². The van der Waals surface area contributed by atoms with Gasteiger partial charge in [0.25, 0.3) is 0 Å². The van der Waals surface area contributed by atoms with E-state index in [4.69, 9.17) is 0 Å². The summed E-state index contributed by atoms with van der Waals surface area (Å²) in [5.74, 6) is -1.56. The molecule has 0 saturated carbocycles. The maximum atomic E-state index is 13.6. The molecule has 6 nitrogen and oxygen atoms in total. The van der Waals surface area contributed by atoms with Crippen LogP contribution in [-0.4, -0.2) is 67.2 Å². The maximum Gasteiger partial charge on any atom is 0.310 e. The summed E-state index contributed by atoms with van der Waals surface area (Å²) in [6.07, 6.45) is 6.31. The van der Waals surface area contributed by atoms with Crippen molar-refractivity contribution in [1.29, 1.82) is 0 Å². The summed E-state index contributed by atoms with van der Waals surface area (Å²) in [6.45, 7) is 24.6. The minimum atomic E-state index is -0.935. The van der Waals surface area contributed by atoms with E-state index in [1.165, 1.54) is 0 Å². The lowest BCUT2D eigenvalue weighted by atomic mass is 9.52. The number of carboxylic acids is 2. The van der Waals surface area contributed by atoms with Crippen LogP contribution in [0.15, 0.2) is 0 Å². The van der Waals surface area contributed by atoms with E-state index < -0.39 is 17.4 Å². The topological polar surface area (TPSA) is 81.1 Å². The first kappa shape index (κ1) is 31.1. The Hall–Kier alpha value is -1.14. The molecule has 0 aromatic heterocycles. The Balaban J connectivity index is 2.62. The van der Waals surface area contributed by atoms with Crippen LogP contribution >= 0.6 is 0 Å². The third-order valence-electron chi connectivity index (χ3n) is 9.64. The lowest BCUT2D eigenvalue weighted by molar-refractivity contribution is -0.179. The highest BCUT2D eigenvalue weighted by Crippen LogP contribution is 2.58. The molecule has 2 aliphatic heterocycles. The predicted molar refractivity (Wildman–Crippen MR) is 147 cm³/mol. The Kier molecular flexibility index (Phi) is 9.43. The minimum Gasteiger partial charge on any atom is -0.481 e. The molecular weight excluding hydrogens is 452 g/mol. The predicted octanol–water partition coefficient (Wildman–Crippen LogP) is 6.67. The molecule has 0 amide bonds. The van der Waals surface area contributed by atoms with E-state index >= 15 is 0 Å². The molecule has 0 atom stereocenters. The number of hydrogen-bond acceptors (Lipinski definition) is 4. The van der Waals surface area contributed by atoms with Gasteiger partial charge in [-0.1, -0.05) is 13.8 Å². The molecule has 0 radical (unpaired) electrons. The number of carbonyl (C=O) groups is 2. The van der Waals surface area contributed by atoms with Crippen LogP contribution in [0.2, 0.25) is 0 Å². The summed E-state index contributed by atoms with van der Waals surface area (Å²) < 4.78 is 0. The molecule has 2 heterocycles. The van der Waals surface area contributed by atoms with Crippen LogP contribution in [0.25, 0.3) is 0 Å². The average Bonchev–Trinajstić information content (AvgIpc) is 2.69. The fraction of sp³-hybridized carbons (Fsp3) is 0.933. The summed E-state index contributed by atoms with van der Waals surface area (Å²) in [4.78, 5) is 30.2. The van der Waals surface area contributed by atoms with Gasteiger partial charge < -0.3 is 10.2 Å². The fourth-order valence-electron chi connectivity index (χ4n) is 8.75. The lowest BCUT2D eigenvalue weighted by Gasteiger charge is -2.62. The van der Waals surface area contributed by atoms with Crippen molar-refractivity contribution >= 4 is 11.9 Å². The van der Waals surface area contributed by atoms with Crippen molar-refractivity contribution in [2.45, 2.75) is 149 Å². The van der Waals surface area contributed by atoms with Crippen molar-refractivity contribution in [3.8, 4) is 0 Å². The van der Waals surface area contributed by atoms with Crippen LogP contribution < -0.4 is 0 Å². The largest absolute Gasteiger partial charge is 0.481 e. The zero-order chi connectivity index (χ0) is 27.7. The van der Waals surface area contributed by atoms with E-state index in [-0.39, 0.29) is 40.4 Å². The van der Waals surface area contributed by atoms with Gasteiger partial charge in [-0.2, -0.15) is 0 Å². The molecule has 0 aromatic rings. The molecule has 2 N–H and O–H groups in total. The molecule has 0 aromatic carbocycles. The summed E-state index contributed by atoms with van der Waals surface area (Å²) in [6, 6.07) is 0. The summed E-state index contributed by atoms with van der Waals surface area (Å²) in [7, 11) is 0. The number of likely N-dealkylation sites (tertiary alicyclic amines) is 2. The van der Waals surface area contributed by atoms with Crippen molar-refractivity contribution in [2.24, 2.45) is 17.3 Å². The highest BCUT2D eigenvalue weighted by molar-refractivity contribution is 5.76. The number of hydrogen-bond donors (Lipinski definition) is 2. The lowest BCUT2D eigenvalue weighted by Crippen LogP contribution is -2.67. The summed E-state index contributed by atoms with van der Waals surface area (Å²) in [5.41, 5.74) is -1.42. The summed E-state index contributed by atoms with van der Waals surface area (Å²) in [5, 5.41) is 20.6. The standard InChI is InChI=1S/C30H56N2O4/c1-11-16-31-26(3,4)18-22(19-27(31,5)6)30(25(35)36,15-13-14-24(33)34)23-20-28(7,8)32(17-12-2)29(9,10)21-23/h22-23H,11-21H2,1-10H3,(H,33,34)(H,35,36). The Morgan fingerprint density at radius 3 is 1.31 bits per heavy atom. The Morgan fingerprint density at radius 1 is 0.722 bits per heavy atom. The molecule has 210 valence electrons. The average molecular weight is 509 g/mol. The van der Waals surface area contributed by atoms with E-state index in [0.717, 1.165) is 51.6 Å². The molecule has 2 aliphatic rings. The van der Waals surface area contributed by atoms with Crippen molar-refractivity contribution in [3.63, 3.8) is 0 Å². The Labute approximate surface area is 221 Å². The van der Waals surface area contributed by atoms with Gasteiger partial charge in [0.1, 0.15) is 0 Å². The van der Waals surface area contributed by atoms with Gasteiger partial charge in [-0.15, -0.1) is 0 Å². The molecule has 0 unspecified atom stereocenters. The van der Waals surface area contributed by atoms with Gasteiger partial charge in [0, 0.05) is 28.6 Å². The first-order valence-corrected chi connectivity index (χ1v) is 14.4. The second-order valence-electron chi connectivity index (χ2n) is 14.4. The van der Waals surface area contributed by atoms with Gasteiger partial charge in [-0.3, -0.25) is 19.4 Å². The smallest absolute Gasteiger partial charge is 0.310 e. The number of nitrogens with zero attached hydrogens (tertiary/aromatic N) is 2. The van der Waals surface area contributed by atoms with E-state index in [0.29, 0.717) is 12.8 Å². The zero-order valence-electron chi connectivity index (χ0n) is 25.0. The van der Waals surface area contributed by atoms with Gasteiger partial charge in [0.05, 0.1) is 5.41 Å². The molecule has 2 fully saturated rings. The van der Waals surface area contributed by atoms with E-state index in [9.17, 15) is 19.8 Å². The SMILES string of the molecule is CCCN1C(C)(C)CC(C(CCCC(=O)O)(C(=O)O)C2CC(C)(C)N(CCC)C(C)(C)C2)CC1(C)C. The Bertz CT molecular complexity index is 704. The number of aliphatic carboxylic acids is 2. The zero-order valence-corrected chi connectivity index (χ0v) is 25.0. The molecule has 0 aliphatic carbocycles. The summed E-state index contributed by atoms with van der Waals surface area (Å²) >= 11 is 0. The number of carboxylic acid groups (broad SMARTS) is 2. The van der Waals surface area contributed by atoms with Crippen LogP contribution in [0.3, 0.4) is 0 Å². The quantitative estimate of drug-likeness (QED) is 0.324. The number of rotatable bonds is 11. The highest BCUT2D eigenvalue weighted by Gasteiger charge is 2.60. The molecule has 0 spiro atoms. The van der Waals surface area contributed by atoms with Crippen LogP contribution in [0, 0.1) is 17.3 Å². The van der Waals surface area contributed by atoms with Gasteiger partial charge in [-0.25, -0.2) is 0 Å². The van der Waals surface area contributed by atoms with Crippen LogP contribution in [0.5, 0.6) is 0 Å². The first-order chi connectivity index (χ1) is 16.4. The van der Waals surface area contributed by atoms with E-state index in [2.05, 4.69) is 79.0 Å². The van der Waals surface area contributed by atoms with Crippen molar-refractivity contribution in [2.75, 3.05) is 13.1 Å². The van der Waals surface area contributed by atoms with Crippen molar-refractivity contribution in [3.05, 3.63) is 0 Å². The molecule has 2 rings (SSSR count). The monoisotopic (exact) mass is 508 g/mol. The van der Waals surface area contributed by atoms with E-state index in [1.54, 1.807) is 0 Å². The van der Waals surface area contributed by atoms with Gasteiger partial charge >= 0.3 is 11.9 Å². The van der Waals surface area contributed by atoms with Crippen LogP contribution in [-0.2, 0) is 9.59 Å². The first-order valence-electron chi connectivity index (χ1n) is 14.4. The van der Waals surface area contributed by atoms with Crippen molar-refractivity contribution in [1.82, 2.24) is 9.80 Å². The van der Waals surface area contributed by atoms with E-state index in [1.807, 2.05) is 0 Å². The van der Waals surface area contributed by atoms with Gasteiger partial charge in [0.15, 0.2) is 0 Å². The second kappa shape index (κ2) is 10.9. The Morgan fingerprint density at radius 2 is 1.06 bits per heavy atom. The van der Waals surface area contributed by atoms with Crippen LogP contribution in [0.4, 0.5) is 0 Å². The van der Waals surface area contributed by atoms with Gasteiger partial charge in [-0.05, 0) is 132 Å². The number of piperidine rings is 2. The van der Waals surface area contributed by atoms with Gasteiger partial charge in [0.2, 0.25) is 0 Å². The molecular formula is C30H56N2O4. The second-order valence-corrected chi connectivity index (χ2v) is 14.4. The fourth-order valence-corrected chi connectivity index (χ4v) is 8.75. The third kappa shape index (κ3) is 6.11. The third-order valence-corrected chi connectivity index (χ3v) is 9.64. The van der Waals surface area contributed by atoms with Crippen LogP contribution in [0.1, 0.15) is 127 Å². The normalized spacial score (nSPS) is 25.1. The minimum absolute atomic E-state index is 0.00349. The highest BCUT2D eigenvalue weighted by atomic mass is 16.4. The molecule has 0 bridgehead atoms. The molecule has 36 heavy (non-hydrogen) atoms. The maximum absolute atomic E-state index is 13.6. The molecule has 6 heteroatoms. The molecule has 2 saturated heterocycles.